The van der Waals surface area contributed by atoms with E-state index in [9.17, 15) is 0 Å². The van der Waals surface area contributed by atoms with Crippen LogP contribution in [-0.2, 0) is 5.41 Å². The zero-order chi connectivity index (χ0) is 36.7. The molecule has 0 fully saturated rings. The summed E-state index contributed by atoms with van der Waals surface area (Å²) in [5, 5.41) is 6.92. The number of anilines is 3. The van der Waals surface area contributed by atoms with Crippen molar-refractivity contribution in [3.63, 3.8) is 0 Å². The molecule has 0 saturated carbocycles. The van der Waals surface area contributed by atoms with Gasteiger partial charge in [0.2, 0.25) is 5.89 Å². The third-order valence-corrected chi connectivity index (χ3v) is 11.7. The molecule has 11 rings (SSSR count). The predicted molar refractivity (Wildman–Crippen MR) is 230 cm³/mol. The first-order valence-corrected chi connectivity index (χ1v) is 19.0. The molecule has 10 aromatic rings. The van der Waals surface area contributed by atoms with E-state index >= 15 is 0 Å². The van der Waals surface area contributed by atoms with E-state index in [-0.39, 0.29) is 5.41 Å². The number of nitrogens with zero attached hydrogens (tertiary/aromatic N) is 2. The summed E-state index contributed by atoms with van der Waals surface area (Å²) in [6.45, 7) is 4.69. The van der Waals surface area contributed by atoms with Crippen molar-refractivity contribution >= 4 is 60.5 Å². The highest BCUT2D eigenvalue weighted by molar-refractivity contribution is 6.26. The maximum absolute atomic E-state index is 6.61. The highest BCUT2D eigenvalue weighted by Gasteiger charge is 2.37. The lowest BCUT2D eigenvalue weighted by atomic mass is 9.82. The van der Waals surface area contributed by atoms with Crippen molar-refractivity contribution in [2.75, 3.05) is 4.90 Å². The first-order valence-electron chi connectivity index (χ1n) is 19.0. The Hall–Kier alpha value is -6.97. The monoisotopic (exact) mass is 704 g/mol. The van der Waals surface area contributed by atoms with Gasteiger partial charge >= 0.3 is 0 Å². The summed E-state index contributed by atoms with van der Waals surface area (Å²) in [6.07, 6.45) is 0. The average molecular weight is 705 g/mol. The quantitative estimate of drug-likeness (QED) is 0.167. The number of oxazole rings is 1. The SMILES string of the molecule is CC1(C)c2ccccc2-c2c(N(c3ccc(-c4ccccc4)cc3)c3ccc4c(ccc5ccc6ccc7nc(-c8ccccc8)oc7c6c54)c3)cccc21. The molecule has 0 amide bonds. The van der Waals surface area contributed by atoms with E-state index in [1.54, 1.807) is 0 Å². The lowest BCUT2D eigenvalue weighted by Crippen LogP contribution is -2.16. The van der Waals surface area contributed by atoms with Crippen molar-refractivity contribution in [3.05, 3.63) is 193 Å². The smallest absolute Gasteiger partial charge is 0.227 e. The van der Waals surface area contributed by atoms with E-state index in [1.165, 1.54) is 55.2 Å². The van der Waals surface area contributed by atoms with Gasteiger partial charge in [-0.15, -0.1) is 0 Å². The fraction of sp³-hybridized carbons (Fsp3) is 0.0577. The van der Waals surface area contributed by atoms with Gasteiger partial charge in [-0.2, -0.15) is 0 Å². The molecule has 9 aromatic carbocycles. The van der Waals surface area contributed by atoms with Crippen LogP contribution in [0.1, 0.15) is 25.0 Å². The number of hydrogen-bond donors (Lipinski definition) is 0. The molecule has 260 valence electrons. The Kier molecular flexibility index (Phi) is 6.90. The summed E-state index contributed by atoms with van der Waals surface area (Å²) in [7, 11) is 0. The molecule has 0 unspecified atom stereocenters. The molecular formula is C52H36N2O. The van der Waals surface area contributed by atoms with Crippen molar-refractivity contribution in [3.8, 4) is 33.7 Å². The minimum atomic E-state index is -0.111. The number of fused-ring (bicyclic) bond motifs is 10. The largest absolute Gasteiger partial charge is 0.435 e. The Labute approximate surface area is 319 Å². The van der Waals surface area contributed by atoms with E-state index in [0.717, 1.165) is 44.2 Å². The van der Waals surface area contributed by atoms with E-state index in [4.69, 9.17) is 9.40 Å². The summed E-state index contributed by atoms with van der Waals surface area (Å²) < 4.78 is 6.61. The summed E-state index contributed by atoms with van der Waals surface area (Å²) >= 11 is 0. The third-order valence-electron chi connectivity index (χ3n) is 11.7. The molecule has 0 spiro atoms. The fourth-order valence-electron chi connectivity index (χ4n) is 8.96. The minimum absolute atomic E-state index is 0.111. The van der Waals surface area contributed by atoms with E-state index in [2.05, 4.69) is 170 Å². The van der Waals surface area contributed by atoms with Crippen molar-refractivity contribution in [1.29, 1.82) is 0 Å². The molecule has 3 heteroatoms. The number of aromatic nitrogens is 1. The fourth-order valence-corrected chi connectivity index (χ4v) is 8.96. The molecule has 0 atom stereocenters. The molecular weight excluding hydrogens is 669 g/mol. The van der Waals surface area contributed by atoms with Gasteiger partial charge in [0, 0.05) is 38.7 Å². The Balaban J connectivity index is 1.14. The zero-order valence-corrected chi connectivity index (χ0v) is 30.6. The predicted octanol–water partition coefficient (Wildman–Crippen LogP) is 14.4. The van der Waals surface area contributed by atoms with Gasteiger partial charge < -0.3 is 9.32 Å². The van der Waals surface area contributed by atoms with Crippen LogP contribution in [-0.4, -0.2) is 4.98 Å². The van der Waals surface area contributed by atoms with Gasteiger partial charge in [0.25, 0.3) is 0 Å². The van der Waals surface area contributed by atoms with Crippen LogP contribution in [0, 0.1) is 0 Å². The Bertz CT molecular complexity index is 3110. The topological polar surface area (TPSA) is 29.3 Å². The zero-order valence-electron chi connectivity index (χ0n) is 30.6. The lowest BCUT2D eigenvalue weighted by molar-refractivity contribution is 0.623. The molecule has 1 aliphatic rings. The summed E-state index contributed by atoms with van der Waals surface area (Å²) in [4.78, 5) is 7.38. The van der Waals surface area contributed by atoms with E-state index in [0.29, 0.717) is 5.89 Å². The normalized spacial score (nSPS) is 13.1. The first kappa shape index (κ1) is 31.5. The van der Waals surface area contributed by atoms with Crippen LogP contribution >= 0.6 is 0 Å². The highest BCUT2D eigenvalue weighted by atomic mass is 16.3. The summed E-state index contributed by atoms with van der Waals surface area (Å²) in [5.74, 6) is 0.636. The van der Waals surface area contributed by atoms with Crippen molar-refractivity contribution in [2.24, 2.45) is 0 Å². The Morgan fingerprint density at radius 3 is 1.89 bits per heavy atom. The maximum atomic E-state index is 6.61. The van der Waals surface area contributed by atoms with Gasteiger partial charge in [0.1, 0.15) is 5.52 Å². The van der Waals surface area contributed by atoms with Crippen LogP contribution in [0.5, 0.6) is 0 Å². The summed E-state index contributed by atoms with van der Waals surface area (Å²) in [6, 6.07) is 65.5. The molecule has 1 aliphatic carbocycles. The first-order chi connectivity index (χ1) is 27.0. The third kappa shape index (κ3) is 4.86. The van der Waals surface area contributed by atoms with Crippen LogP contribution in [0.2, 0.25) is 0 Å². The van der Waals surface area contributed by atoms with Crippen LogP contribution < -0.4 is 4.90 Å². The van der Waals surface area contributed by atoms with Crippen LogP contribution in [0.25, 0.3) is 77.1 Å². The molecule has 0 bridgehead atoms. The van der Waals surface area contributed by atoms with Gasteiger partial charge in [-0.1, -0.05) is 147 Å². The van der Waals surface area contributed by atoms with Gasteiger partial charge in [-0.3, -0.25) is 0 Å². The van der Waals surface area contributed by atoms with Crippen LogP contribution in [0.4, 0.5) is 17.1 Å². The highest BCUT2D eigenvalue weighted by Crippen LogP contribution is 2.54. The van der Waals surface area contributed by atoms with Crippen LogP contribution in [0.3, 0.4) is 0 Å². The standard InChI is InChI=1S/C52H36N2O/c1-52(2)43-17-10-9-16-42(43)49-44(52)18-11-19-46(49)54(39-27-24-34(25-28-39)33-12-5-3-6-13-33)40-29-30-41-38(32-40)23-22-35-20-21-36-26-31-45-50(48(36)47(35)41)55-51(53-45)37-14-7-4-8-15-37/h3-32H,1-2H3. The van der Waals surface area contributed by atoms with E-state index < -0.39 is 0 Å². The Morgan fingerprint density at radius 1 is 0.491 bits per heavy atom. The molecule has 55 heavy (non-hydrogen) atoms. The molecule has 0 aliphatic heterocycles. The molecule has 1 aromatic heterocycles. The second-order valence-corrected chi connectivity index (χ2v) is 15.2. The summed E-state index contributed by atoms with van der Waals surface area (Å²) in [5.41, 5.74) is 13.6. The van der Waals surface area contributed by atoms with Gasteiger partial charge in [-0.25, -0.2) is 4.98 Å². The molecule has 0 saturated heterocycles. The molecule has 0 radical (unpaired) electrons. The molecule has 1 heterocycles. The Morgan fingerprint density at radius 2 is 1.11 bits per heavy atom. The second-order valence-electron chi connectivity index (χ2n) is 15.2. The average Bonchev–Trinajstić information content (AvgIpc) is 3.79. The number of rotatable bonds is 5. The van der Waals surface area contributed by atoms with E-state index in [1.807, 2.05) is 30.3 Å². The number of benzene rings is 9. The van der Waals surface area contributed by atoms with Gasteiger partial charge in [0.15, 0.2) is 5.58 Å². The van der Waals surface area contributed by atoms with Crippen LogP contribution in [0.15, 0.2) is 186 Å². The second kappa shape index (κ2) is 12.0. The number of hydrogen-bond acceptors (Lipinski definition) is 3. The lowest BCUT2D eigenvalue weighted by Gasteiger charge is -2.29. The maximum Gasteiger partial charge on any atom is 0.227 e. The van der Waals surface area contributed by atoms with Gasteiger partial charge in [-0.05, 0) is 97.9 Å². The minimum Gasteiger partial charge on any atom is -0.435 e. The molecule has 0 N–H and O–H groups in total. The molecule has 3 nitrogen and oxygen atoms in total. The van der Waals surface area contributed by atoms with Crippen molar-refractivity contribution in [2.45, 2.75) is 19.3 Å². The van der Waals surface area contributed by atoms with Crippen molar-refractivity contribution < 1.29 is 4.42 Å². The van der Waals surface area contributed by atoms with Crippen molar-refractivity contribution in [1.82, 2.24) is 4.98 Å². The van der Waals surface area contributed by atoms with Gasteiger partial charge in [0.05, 0.1) is 5.69 Å².